The molecule has 1 aromatic heterocycles. The molecule has 6 heteroatoms. The largest absolute Gasteiger partial charge is 0.497 e. The van der Waals surface area contributed by atoms with Gasteiger partial charge >= 0.3 is 0 Å². The molecule has 3 rings (SSSR count). The summed E-state index contributed by atoms with van der Waals surface area (Å²) < 4.78 is 16.1. The Labute approximate surface area is 146 Å². The molecule has 0 saturated heterocycles. The molecule has 0 radical (unpaired) electrons. The molecule has 0 aliphatic heterocycles. The summed E-state index contributed by atoms with van der Waals surface area (Å²) in [5, 5.41) is 11.5. The highest BCUT2D eigenvalue weighted by molar-refractivity contribution is 5.53. The molecule has 130 valence electrons. The zero-order chi connectivity index (χ0) is 17.5. The van der Waals surface area contributed by atoms with Crippen LogP contribution >= 0.6 is 0 Å². The van der Waals surface area contributed by atoms with Gasteiger partial charge in [-0.05, 0) is 54.9 Å². The summed E-state index contributed by atoms with van der Waals surface area (Å²) in [6.07, 6.45) is 0.899. The maximum Gasteiger partial charge on any atom is 0.247 e. The fourth-order valence-corrected chi connectivity index (χ4v) is 2.43. The van der Waals surface area contributed by atoms with Crippen molar-refractivity contribution < 1.29 is 13.9 Å². The third-order valence-corrected chi connectivity index (χ3v) is 3.80. The lowest BCUT2D eigenvalue weighted by atomic mass is 10.1. The van der Waals surface area contributed by atoms with E-state index in [1.165, 1.54) is 5.56 Å². The van der Waals surface area contributed by atoms with Crippen molar-refractivity contribution in [3.8, 4) is 23.0 Å². The van der Waals surface area contributed by atoms with E-state index in [0.29, 0.717) is 18.3 Å². The van der Waals surface area contributed by atoms with Gasteiger partial charge in [0.25, 0.3) is 0 Å². The number of hydrogen-bond acceptors (Lipinski definition) is 6. The van der Waals surface area contributed by atoms with Gasteiger partial charge in [-0.25, -0.2) is 0 Å². The summed E-state index contributed by atoms with van der Waals surface area (Å²) in [5.74, 6) is 2.74. The molecule has 0 amide bonds. The van der Waals surface area contributed by atoms with E-state index in [2.05, 4.69) is 21.6 Å². The number of nitrogens with zero attached hydrogens (tertiary/aromatic N) is 2. The molecule has 1 heterocycles. The molecule has 0 aliphatic carbocycles. The molecule has 0 saturated carbocycles. The Bertz CT molecular complexity index is 800. The molecule has 0 bridgehead atoms. The van der Waals surface area contributed by atoms with E-state index >= 15 is 0 Å². The van der Waals surface area contributed by atoms with Gasteiger partial charge in [0.15, 0.2) is 0 Å². The molecule has 0 aliphatic rings. The molecule has 3 aromatic rings. The number of methoxy groups -OCH3 is 2. The Hall–Kier alpha value is -2.86. The quantitative estimate of drug-likeness (QED) is 0.636. The Balaban J connectivity index is 1.49. The Morgan fingerprint density at radius 3 is 2.52 bits per heavy atom. The van der Waals surface area contributed by atoms with Crippen LogP contribution < -0.4 is 14.8 Å². The van der Waals surface area contributed by atoms with Crippen molar-refractivity contribution in [1.29, 1.82) is 0 Å². The van der Waals surface area contributed by atoms with E-state index in [1.807, 2.05) is 42.5 Å². The highest BCUT2D eigenvalue weighted by atomic mass is 16.5. The number of ether oxygens (including phenoxy) is 2. The van der Waals surface area contributed by atoms with Crippen LogP contribution in [0.2, 0.25) is 0 Å². The van der Waals surface area contributed by atoms with Crippen molar-refractivity contribution in [2.24, 2.45) is 0 Å². The number of hydrogen-bond donors (Lipinski definition) is 1. The fourth-order valence-electron chi connectivity index (χ4n) is 2.43. The van der Waals surface area contributed by atoms with Gasteiger partial charge in [-0.3, -0.25) is 0 Å². The summed E-state index contributed by atoms with van der Waals surface area (Å²) in [5.41, 5.74) is 2.09. The normalized spacial score (nSPS) is 10.6. The molecule has 25 heavy (non-hydrogen) atoms. The van der Waals surface area contributed by atoms with E-state index in [-0.39, 0.29) is 0 Å². The minimum Gasteiger partial charge on any atom is -0.497 e. The Morgan fingerprint density at radius 1 is 0.960 bits per heavy atom. The van der Waals surface area contributed by atoms with Gasteiger partial charge in [0.1, 0.15) is 11.5 Å². The fraction of sp³-hybridized carbons (Fsp3) is 0.263. The van der Waals surface area contributed by atoms with E-state index in [4.69, 9.17) is 13.9 Å². The van der Waals surface area contributed by atoms with Crippen LogP contribution in [0.4, 0.5) is 0 Å². The minimum absolute atomic E-state index is 0.507. The third-order valence-electron chi connectivity index (χ3n) is 3.80. The lowest BCUT2D eigenvalue weighted by molar-refractivity contribution is 0.414. The number of benzene rings is 2. The van der Waals surface area contributed by atoms with Crippen molar-refractivity contribution in [2.45, 2.75) is 13.0 Å². The van der Waals surface area contributed by atoms with Crippen LogP contribution in [0.1, 0.15) is 11.5 Å². The van der Waals surface area contributed by atoms with Crippen molar-refractivity contribution in [3.05, 3.63) is 60.0 Å². The van der Waals surface area contributed by atoms with Crippen LogP contribution in [0, 0.1) is 0 Å². The first kappa shape index (κ1) is 17.0. The van der Waals surface area contributed by atoms with Gasteiger partial charge in [-0.1, -0.05) is 12.1 Å². The third kappa shape index (κ3) is 4.58. The monoisotopic (exact) mass is 339 g/mol. The summed E-state index contributed by atoms with van der Waals surface area (Å²) in [6.45, 7) is 1.35. The molecule has 0 spiro atoms. The van der Waals surface area contributed by atoms with Crippen LogP contribution in [-0.4, -0.2) is 31.0 Å². The van der Waals surface area contributed by atoms with Crippen LogP contribution in [0.15, 0.2) is 52.9 Å². The van der Waals surface area contributed by atoms with Crippen LogP contribution in [0.5, 0.6) is 11.5 Å². The Morgan fingerprint density at radius 2 is 1.76 bits per heavy atom. The van der Waals surface area contributed by atoms with Crippen molar-refractivity contribution in [3.63, 3.8) is 0 Å². The second-order valence-electron chi connectivity index (χ2n) is 5.51. The Kier molecular flexibility index (Phi) is 5.64. The molecule has 0 atom stereocenters. The molecule has 0 unspecified atom stereocenters. The second-order valence-corrected chi connectivity index (χ2v) is 5.51. The first-order valence-corrected chi connectivity index (χ1v) is 8.09. The standard InChI is InChI=1S/C19H21N3O3/c1-23-16-8-6-15(7-9-16)19-22-21-18(25-19)13-20-11-10-14-4-3-5-17(12-14)24-2/h3-9,12,20H,10-11,13H2,1-2H3. The first-order chi connectivity index (χ1) is 12.3. The van der Waals surface area contributed by atoms with Crippen LogP contribution in [0.3, 0.4) is 0 Å². The maximum atomic E-state index is 5.69. The summed E-state index contributed by atoms with van der Waals surface area (Å²) in [7, 11) is 3.31. The van der Waals surface area contributed by atoms with Gasteiger partial charge in [-0.2, -0.15) is 0 Å². The summed E-state index contributed by atoms with van der Waals surface area (Å²) in [6, 6.07) is 15.6. The first-order valence-electron chi connectivity index (χ1n) is 8.09. The van der Waals surface area contributed by atoms with Crippen molar-refractivity contribution in [2.75, 3.05) is 20.8 Å². The van der Waals surface area contributed by atoms with Gasteiger partial charge in [0.2, 0.25) is 11.8 Å². The number of aromatic nitrogens is 2. The molecule has 0 fully saturated rings. The average Bonchev–Trinajstić information content (AvgIpc) is 3.14. The lowest BCUT2D eigenvalue weighted by Crippen LogP contribution is -2.16. The second kappa shape index (κ2) is 8.30. The predicted molar refractivity (Wildman–Crippen MR) is 94.7 cm³/mol. The highest BCUT2D eigenvalue weighted by Crippen LogP contribution is 2.21. The SMILES string of the molecule is COc1ccc(-c2nnc(CNCCc3cccc(OC)c3)o2)cc1. The number of rotatable bonds is 8. The smallest absolute Gasteiger partial charge is 0.247 e. The van der Waals surface area contributed by atoms with Gasteiger partial charge < -0.3 is 19.2 Å². The van der Waals surface area contributed by atoms with Gasteiger partial charge in [0, 0.05) is 5.56 Å². The zero-order valence-electron chi connectivity index (χ0n) is 14.4. The molecule has 1 N–H and O–H groups in total. The average molecular weight is 339 g/mol. The van der Waals surface area contributed by atoms with Gasteiger partial charge in [-0.15, -0.1) is 10.2 Å². The molecular formula is C19H21N3O3. The number of nitrogens with one attached hydrogen (secondary N) is 1. The molecular weight excluding hydrogens is 318 g/mol. The van der Waals surface area contributed by atoms with Crippen LogP contribution in [0.25, 0.3) is 11.5 Å². The predicted octanol–water partition coefficient (Wildman–Crippen LogP) is 3.09. The minimum atomic E-state index is 0.507. The van der Waals surface area contributed by atoms with E-state index < -0.39 is 0 Å². The topological polar surface area (TPSA) is 69.4 Å². The lowest BCUT2D eigenvalue weighted by Gasteiger charge is -2.05. The van der Waals surface area contributed by atoms with E-state index in [9.17, 15) is 0 Å². The van der Waals surface area contributed by atoms with E-state index in [1.54, 1.807) is 14.2 Å². The van der Waals surface area contributed by atoms with Gasteiger partial charge in [0.05, 0.1) is 20.8 Å². The highest BCUT2D eigenvalue weighted by Gasteiger charge is 2.08. The molecule has 6 nitrogen and oxygen atoms in total. The summed E-state index contributed by atoms with van der Waals surface area (Å²) in [4.78, 5) is 0. The van der Waals surface area contributed by atoms with Crippen LogP contribution in [-0.2, 0) is 13.0 Å². The van der Waals surface area contributed by atoms with E-state index in [0.717, 1.165) is 30.0 Å². The van der Waals surface area contributed by atoms with Crippen molar-refractivity contribution >= 4 is 0 Å². The maximum absolute atomic E-state index is 5.69. The van der Waals surface area contributed by atoms with Crippen molar-refractivity contribution in [1.82, 2.24) is 15.5 Å². The summed E-state index contributed by atoms with van der Waals surface area (Å²) >= 11 is 0. The molecule has 2 aromatic carbocycles. The zero-order valence-corrected chi connectivity index (χ0v) is 14.4.